The molecule has 4 aromatic rings. The molecule has 0 aliphatic rings. The predicted molar refractivity (Wildman–Crippen MR) is 136 cm³/mol. The maximum absolute atomic E-state index is 12.6. The fraction of sp³-hybridized carbons (Fsp3) is 0.0870. The maximum Gasteiger partial charge on any atom is 0.238 e. The van der Waals surface area contributed by atoms with Crippen molar-refractivity contribution in [2.45, 2.75) is 10.1 Å². The molecule has 4 rings (SSSR count). The quantitative estimate of drug-likeness (QED) is 0.330. The number of methoxy groups -OCH3 is 1. The van der Waals surface area contributed by atoms with Crippen molar-refractivity contribution in [1.82, 2.24) is 14.8 Å². The first kappa shape index (κ1) is 24.7. The molecule has 0 aliphatic carbocycles. The molecule has 3 aromatic carbocycles. The van der Waals surface area contributed by atoms with Crippen molar-refractivity contribution < 1.29 is 17.9 Å². The van der Waals surface area contributed by atoms with E-state index in [0.29, 0.717) is 27.4 Å². The number of primary sulfonamides is 1. The summed E-state index contributed by atoms with van der Waals surface area (Å²) in [5, 5.41) is 17.6. The van der Waals surface area contributed by atoms with Crippen LogP contribution in [0.1, 0.15) is 0 Å². The van der Waals surface area contributed by atoms with E-state index in [9.17, 15) is 13.2 Å². The number of aromatic nitrogens is 3. The molecule has 0 aliphatic heterocycles. The number of sulfonamides is 1. The summed E-state index contributed by atoms with van der Waals surface area (Å²) >= 11 is 7.27. The van der Waals surface area contributed by atoms with E-state index in [1.807, 2.05) is 41.0 Å². The Morgan fingerprint density at radius 2 is 1.80 bits per heavy atom. The van der Waals surface area contributed by atoms with Gasteiger partial charge in [0, 0.05) is 22.0 Å². The summed E-state index contributed by atoms with van der Waals surface area (Å²) < 4.78 is 30.0. The molecule has 0 saturated carbocycles. The van der Waals surface area contributed by atoms with Gasteiger partial charge in [-0.15, -0.1) is 10.2 Å². The second-order valence-electron chi connectivity index (χ2n) is 7.26. The molecule has 0 spiro atoms. The van der Waals surface area contributed by atoms with Crippen LogP contribution in [-0.2, 0) is 14.8 Å². The van der Waals surface area contributed by atoms with E-state index in [-0.39, 0.29) is 16.6 Å². The van der Waals surface area contributed by atoms with E-state index in [4.69, 9.17) is 21.5 Å². The van der Waals surface area contributed by atoms with Gasteiger partial charge in [-0.25, -0.2) is 13.6 Å². The van der Waals surface area contributed by atoms with E-state index in [2.05, 4.69) is 15.5 Å². The molecule has 1 heterocycles. The van der Waals surface area contributed by atoms with Crippen LogP contribution in [0.2, 0.25) is 5.02 Å². The molecule has 0 fully saturated rings. The summed E-state index contributed by atoms with van der Waals surface area (Å²) in [5.74, 6) is 0.996. The SMILES string of the molecule is COc1cccc(-c2nnc(SCC(=O)Nc3ccc(S(N)(=O)=O)cc3)n2-c2ccc(Cl)cc2)c1. The van der Waals surface area contributed by atoms with Crippen LogP contribution in [0.5, 0.6) is 5.75 Å². The Labute approximate surface area is 211 Å². The average Bonchev–Trinajstić information content (AvgIpc) is 3.27. The van der Waals surface area contributed by atoms with Crippen LogP contribution in [0.15, 0.2) is 82.8 Å². The Balaban J connectivity index is 1.57. The zero-order valence-electron chi connectivity index (χ0n) is 18.4. The number of thioether (sulfide) groups is 1. The molecular weight excluding hydrogens is 510 g/mol. The summed E-state index contributed by atoms with van der Waals surface area (Å²) in [6, 6.07) is 20.2. The molecule has 0 unspecified atom stereocenters. The number of benzene rings is 3. The van der Waals surface area contributed by atoms with Crippen LogP contribution in [-0.4, -0.2) is 42.0 Å². The van der Waals surface area contributed by atoms with E-state index in [1.165, 1.54) is 36.0 Å². The number of nitrogens with two attached hydrogens (primary N) is 1. The van der Waals surface area contributed by atoms with Gasteiger partial charge in [0.15, 0.2) is 11.0 Å². The van der Waals surface area contributed by atoms with Crippen LogP contribution >= 0.6 is 23.4 Å². The second kappa shape index (κ2) is 10.5. The zero-order chi connectivity index (χ0) is 25.0. The molecule has 0 saturated heterocycles. The number of hydrogen-bond acceptors (Lipinski definition) is 7. The van der Waals surface area contributed by atoms with Crippen LogP contribution < -0.4 is 15.2 Å². The van der Waals surface area contributed by atoms with Crippen LogP contribution in [0.25, 0.3) is 17.1 Å². The minimum absolute atomic E-state index is 0.0361. The number of carbonyl (C=O) groups is 1. The molecule has 1 amide bonds. The van der Waals surface area contributed by atoms with Crippen molar-refractivity contribution in [2.75, 3.05) is 18.2 Å². The number of anilines is 1. The van der Waals surface area contributed by atoms with Gasteiger partial charge in [0.2, 0.25) is 15.9 Å². The normalized spacial score (nSPS) is 11.3. The highest BCUT2D eigenvalue weighted by Gasteiger charge is 2.18. The lowest BCUT2D eigenvalue weighted by Crippen LogP contribution is -2.15. The Kier molecular flexibility index (Phi) is 7.41. The number of carbonyl (C=O) groups excluding carboxylic acids is 1. The number of ether oxygens (including phenoxy) is 1. The highest BCUT2D eigenvalue weighted by Crippen LogP contribution is 2.30. The summed E-state index contributed by atoms with van der Waals surface area (Å²) in [6.07, 6.45) is 0. The lowest BCUT2D eigenvalue weighted by molar-refractivity contribution is -0.113. The van der Waals surface area contributed by atoms with Gasteiger partial charge >= 0.3 is 0 Å². The number of halogens is 1. The topological polar surface area (TPSA) is 129 Å². The minimum atomic E-state index is -3.80. The molecular formula is C23H20ClN5O4S2. The smallest absolute Gasteiger partial charge is 0.238 e. The Hall–Kier alpha value is -3.38. The summed E-state index contributed by atoms with van der Waals surface area (Å²) in [6.45, 7) is 0. The van der Waals surface area contributed by atoms with E-state index < -0.39 is 10.0 Å². The van der Waals surface area contributed by atoms with Gasteiger partial charge in [0.1, 0.15) is 5.75 Å². The van der Waals surface area contributed by atoms with Crippen LogP contribution in [0.3, 0.4) is 0 Å². The first-order valence-corrected chi connectivity index (χ1v) is 13.1. The molecule has 12 heteroatoms. The lowest BCUT2D eigenvalue weighted by atomic mass is 10.2. The van der Waals surface area contributed by atoms with Gasteiger partial charge < -0.3 is 10.1 Å². The van der Waals surface area contributed by atoms with E-state index >= 15 is 0 Å². The van der Waals surface area contributed by atoms with Gasteiger partial charge in [-0.1, -0.05) is 35.5 Å². The van der Waals surface area contributed by atoms with Crippen molar-refractivity contribution in [3.8, 4) is 22.8 Å². The summed E-state index contributed by atoms with van der Waals surface area (Å²) in [5.41, 5.74) is 2.01. The standard InChI is InChI=1S/C23H20ClN5O4S2/c1-33-19-4-2-3-15(13-19)22-27-28-23(29(22)18-9-5-16(24)6-10-18)34-14-21(30)26-17-7-11-20(12-8-17)35(25,31)32/h2-13H,14H2,1H3,(H,26,30)(H2,25,31,32). The van der Waals surface area contributed by atoms with E-state index in [1.54, 1.807) is 19.2 Å². The zero-order valence-corrected chi connectivity index (χ0v) is 20.8. The summed E-state index contributed by atoms with van der Waals surface area (Å²) in [4.78, 5) is 12.5. The fourth-order valence-electron chi connectivity index (χ4n) is 3.19. The number of amides is 1. The highest BCUT2D eigenvalue weighted by atomic mass is 35.5. The second-order valence-corrected chi connectivity index (χ2v) is 10.2. The molecule has 3 N–H and O–H groups in total. The van der Waals surface area contributed by atoms with Crippen LogP contribution in [0.4, 0.5) is 5.69 Å². The number of hydrogen-bond donors (Lipinski definition) is 2. The fourth-order valence-corrected chi connectivity index (χ4v) is 4.58. The van der Waals surface area contributed by atoms with Crippen molar-refractivity contribution >= 4 is 45.0 Å². The molecule has 9 nitrogen and oxygen atoms in total. The third kappa shape index (κ3) is 6.01. The largest absolute Gasteiger partial charge is 0.497 e. The van der Waals surface area contributed by atoms with Gasteiger partial charge in [-0.3, -0.25) is 9.36 Å². The van der Waals surface area contributed by atoms with E-state index in [0.717, 1.165) is 11.3 Å². The Morgan fingerprint density at radius 3 is 2.46 bits per heavy atom. The molecule has 1 aromatic heterocycles. The number of rotatable bonds is 8. The average molecular weight is 530 g/mol. The van der Waals surface area contributed by atoms with Crippen LogP contribution in [0, 0.1) is 0 Å². The third-order valence-corrected chi connectivity index (χ3v) is 6.96. The van der Waals surface area contributed by atoms with Crippen molar-refractivity contribution in [3.63, 3.8) is 0 Å². The summed E-state index contributed by atoms with van der Waals surface area (Å²) in [7, 11) is -2.22. The van der Waals surface area contributed by atoms with Gasteiger partial charge in [-0.2, -0.15) is 0 Å². The Bertz CT molecular complexity index is 1460. The monoisotopic (exact) mass is 529 g/mol. The van der Waals surface area contributed by atoms with Gasteiger partial charge in [0.05, 0.1) is 17.8 Å². The number of nitrogens with zero attached hydrogens (tertiary/aromatic N) is 3. The Morgan fingerprint density at radius 1 is 1.09 bits per heavy atom. The first-order valence-electron chi connectivity index (χ1n) is 10.2. The minimum Gasteiger partial charge on any atom is -0.497 e. The van der Waals surface area contributed by atoms with Crippen molar-refractivity contribution in [1.29, 1.82) is 0 Å². The highest BCUT2D eigenvalue weighted by molar-refractivity contribution is 7.99. The third-order valence-electron chi connectivity index (χ3n) is 4.85. The van der Waals surface area contributed by atoms with Gasteiger partial charge in [0.25, 0.3) is 0 Å². The lowest BCUT2D eigenvalue weighted by Gasteiger charge is -2.11. The van der Waals surface area contributed by atoms with Crippen molar-refractivity contribution in [3.05, 3.63) is 77.8 Å². The predicted octanol–water partition coefficient (Wildman–Crippen LogP) is 3.97. The molecule has 180 valence electrons. The first-order chi connectivity index (χ1) is 16.7. The van der Waals surface area contributed by atoms with Crippen molar-refractivity contribution in [2.24, 2.45) is 5.14 Å². The number of nitrogens with one attached hydrogen (secondary N) is 1. The molecule has 0 radical (unpaired) electrons. The molecule has 35 heavy (non-hydrogen) atoms. The molecule has 0 bridgehead atoms. The maximum atomic E-state index is 12.6. The molecule has 0 atom stereocenters. The van der Waals surface area contributed by atoms with Gasteiger partial charge in [-0.05, 0) is 60.7 Å².